The average Bonchev–Trinajstić information content (AvgIpc) is 1.86. The number of alkyl halides is 4. The highest BCUT2D eigenvalue weighted by molar-refractivity contribution is 6.21. The minimum absolute atomic E-state index is 0.124. The van der Waals surface area contributed by atoms with Gasteiger partial charge in [-0.25, -0.2) is 0 Å². The monoisotopic (exact) mass is 185 g/mol. The highest BCUT2D eigenvalue weighted by atomic mass is 35.5. The largest absolute Gasteiger partial charge is 0.404 e. The average molecular weight is 186 g/mol. The van der Waals surface area contributed by atoms with E-state index in [-0.39, 0.29) is 19.3 Å². The van der Waals surface area contributed by atoms with Crippen LogP contribution in [0.15, 0.2) is 0 Å². The Morgan fingerprint density at radius 1 is 1.45 bits per heavy atom. The smallest absolute Gasteiger partial charge is 0.198 e. The fraction of sp³-hybridized carbons (Fsp3) is 0.833. The predicted molar refractivity (Wildman–Crippen MR) is 35.2 cm³/mol. The molecule has 0 saturated heterocycles. The van der Waals surface area contributed by atoms with E-state index in [9.17, 15) is 13.2 Å². The van der Waals surface area contributed by atoms with Crippen molar-refractivity contribution in [1.29, 1.82) is 5.26 Å². The summed E-state index contributed by atoms with van der Waals surface area (Å²) in [7, 11) is 0. The van der Waals surface area contributed by atoms with Crippen LogP contribution in [0.4, 0.5) is 13.2 Å². The van der Waals surface area contributed by atoms with Crippen LogP contribution >= 0.6 is 11.6 Å². The molecule has 0 bridgehead atoms. The van der Waals surface area contributed by atoms with E-state index in [1.807, 2.05) is 0 Å². The molecule has 0 fully saturated rings. The Balaban J connectivity index is 3.55. The van der Waals surface area contributed by atoms with E-state index in [0.717, 1.165) is 0 Å². The van der Waals surface area contributed by atoms with E-state index in [4.69, 9.17) is 16.9 Å². The normalized spacial score (nSPS) is 14.1. The quantitative estimate of drug-likeness (QED) is 0.490. The molecule has 0 aromatic rings. The van der Waals surface area contributed by atoms with Gasteiger partial charge in [0.25, 0.3) is 0 Å². The molecule has 0 spiro atoms. The van der Waals surface area contributed by atoms with Gasteiger partial charge in [-0.15, -0.1) is 11.6 Å². The van der Waals surface area contributed by atoms with Crippen LogP contribution in [0.5, 0.6) is 0 Å². The lowest BCUT2D eigenvalue weighted by Crippen LogP contribution is -2.22. The summed E-state index contributed by atoms with van der Waals surface area (Å²) in [5, 5.41) is 6.20. The van der Waals surface area contributed by atoms with Gasteiger partial charge in [-0.1, -0.05) is 0 Å². The summed E-state index contributed by atoms with van der Waals surface area (Å²) in [6.45, 7) is 0. The second-order valence-electron chi connectivity index (χ2n) is 2.06. The number of halogens is 4. The maximum absolute atomic E-state index is 11.7. The minimum atomic E-state index is -4.34. The lowest BCUT2D eigenvalue weighted by molar-refractivity contribution is -0.131. The Morgan fingerprint density at radius 3 is 2.36 bits per heavy atom. The third kappa shape index (κ3) is 4.91. The first kappa shape index (κ1) is 10.6. The molecule has 0 radical (unpaired) electrons. The van der Waals surface area contributed by atoms with Crippen molar-refractivity contribution in [2.24, 2.45) is 0 Å². The summed E-state index contributed by atoms with van der Waals surface area (Å²) in [6.07, 6.45) is -4.20. The lowest BCUT2D eigenvalue weighted by atomic mass is 10.2. The van der Waals surface area contributed by atoms with Crippen molar-refractivity contribution in [3.8, 4) is 6.07 Å². The molecule has 0 unspecified atom stereocenters. The van der Waals surface area contributed by atoms with Crippen LogP contribution in [-0.4, -0.2) is 11.6 Å². The summed E-state index contributed by atoms with van der Waals surface area (Å²) >= 11 is 4.96. The molecule has 0 heterocycles. The van der Waals surface area contributed by atoms with Crippen LogP contribution in [0.1, 0.15) is 19.3 Å². The highest BCUT2D eigenvalue weighted by Gasteiger charge is 2.37. The van der Waals surface area contributed by atoms with Crippen LogP contribution in [0.2, 0.25) is 0 Å². The van der Waals surface area contributed by atoms with E-state index in [1.165, 1.54) is 0 Å². The zero-order chi connectivity index (χ0) is 8.91. The second kappa shape index (κ2) is 4.45. The Morgan fingerprint density at radius 2 is 2.00 bits per heavy atom. The topological polar surface area (TPSA) is 23.8 Å². The third-order valence-electron chi connectivity index (χ3n) is 1.10. The summed E-state index contributed by atoms with van der Waals surface area (Å²) < 4.78 is 35.0. The molecule has 0 aromatic heterocycles. The number of nitriles is 1. The van der Waals surface area contributed by atoms with Gasteiger partial charge in [-0.05, 0) is 12.8 Å². The van der Waals surface area contributed by atoms with E-state index in [2.05, 4.69) is 0 Å². The minimum Gasteiger partial charge on any atom is -0.198 e. The third-order valence-corrected chi connectivity index (χ3v) is 1.57. The lowest BCUT2D eigenvalue weighted by Gasteiger charge is -2.11. The van der Waals surface area contributed by atoms with Crippen molar-refractivity contribution in [3.05, 3.63) is 0 Å². The summed E-state index contributed by atoms with van der Waals surface area (Å²) in [4.78, 5) is 0. The van der Waals surface area contributed by atoms with Gasteiger partial charge >= 0.3 is 6.18 Å². The molecule has 0 aliphatic rings. The number of rotatable bonds is 3. The molecular formula is C6H7ClF3N. The molecule has 0 saturated carbocycles. The van der Waals surface area contributed by atoms with Crippen LogP contribution in [-0.2, 0) is 0 Å². The summed E-state index contributed by atoms with van der Waals surface area (Å²) in [6, 6.07) is 1.75. The molecule has 5 heteroatoms. The molecule has 0 N–H and O–H groups in total. The van der Waals surface area contributed by atoms with Crippen LogP contribution in [0.25, 0.3) is 0 Å². The molecule has 0 aliphatic carbocycles. The van der Waals surface area contributed by atoms with Gasteiger partial charge in [-0.3, -0.25) is 0 Å². The zero-order valence-electron chi connectivity index (χ0n) is 5.66. The van der Waals surface area contributed by atoms with E-state index >= 15 is 0 Å². The SMILES string of the molecule is N#CCCC[C@H](Cl)C(F)(F)F. The molecule has 64 valence electrons. The van der Waals surface area contributed by atoms with Gasteiger partial charge in [-0.2, -0.15) is 18.4 Å². The number of hydrogen-bond donors (Lipinski definition) is 0. The molecule has 0 amide bonds. The molecule has 1 atom stereocenters. The fourth-order valence-corrected chi connectivity index (χ4v) is 0.678. The number of unbranched alkanes of at least 4 members (excludes halogenated alkanes) is 1. The second-order valence-corrected chi connectivity index (χ2v) is 2.59. The van der Waals surface area contributed by atoms with E-state index in [0.29, 0.717) is 0 Å². The Hall–Kier alpha value is -0.430. The van der Waals surface area contributed by atoms with Crippen molar-refractivity contribution in [1.82, 2.24) is 0 Å². The standard InChI is InChI=1S/C6H7ClF3N/c7-5(6(8,9)10)3-1-2-4-11/h5H,1-3H2/t5-/m0/s1. The zero-order valence-corrected chi connectivity index (χ0v) is 6.41. The maximum Gasteiger partial charge on any atom is 0.404 e. The van der Waals surface area contributed by atoms with Gasteiger partial charge in [0.2, 0.25) is 0 Å². The molecule has 0 aromatic carbocycles. The first-order valence-electron chi connectivity index (χ1n) is 3.06. The van der Waals surface area contributed by atoms with E-state index in [1.54, 1.807) is 6.07 Å². The van der Waals surface area contributed by atoms with Crippen molar-refractivity contribution in [2.75, 3.05) is 0 Å². The fourth-order valence-electron chi connectivity index (χ4n) is 0.524. The van der Waals surface area contributed by atoms with E-state index < -0.39 is 11.6 Å². The van der Waals surface area contributed by atoms with Gasteiger partial charge in [0, 0.05) is 6.42 Å². The Bertz CT molecular complexity index is 149. The Kier molecular flexibility index (Phi) is 4.27. The number of nitrogens with zero attached hydrogens (tertiary/aromatic N) is 1. The molecule has 11 heavy (non-hydrogen) atoms. The molecule has 0 aliphatic heterocycles. The summed E-state index contributed by atoms with van der Waals surface area (Å²) in [5.41, 5.74) is 0. The van der Waals surface area contributed by atoms with Crippen molar-refractivity contribution in [3.63, 3.8) is 0 Å². The van der Waals surface area contributed by atoms with Crippen molar-refractivity contribution >= 4 is 11.6 Å². The molecule has 1 nitrogen and oxygen atoms in total. The summed E-state index contributed by atoms with van der Waals surface area (Å²) in [5.74, 6) is 0. The van der Waals surface area contributed by atoms with Crippen molar-refractivity contribution in [2.45, 2.75) is 30.8 Å². The van der Waals surface area contributed by atoms with Gasteiger partial charge in [0.15, 0.2) is 0 Å². The first-order chi connectivity index (χ1) is 4.98. The highest BCUT2D eigenvalue weighted by Crippen LogP contribution is 2.28. The predicted octanol–water partition coefficient (Wildman–Crippen LogP) is 2.85. The molecule has 0 rings (SSSR count). The van der Waals surface area contributed by atoms with Crippen LogP contribution < -0.4 is 0 Å². The maximum atomic E-state index is 11.7. The first-order valence-corrected chi connectivity index (χ1v) is 3.50. The van der Waals surface area contributed by atoms with Gasteiger partial charge < -0.3 is 0 Å². The van der Waals surface area contributed by atoms with Crippen molar-refractivity contribution < 1.29 is 13.2 Å². The van der Waals surface area contributed by atoms with Gasteiger partial charge in [0.05, 0.1) is 6.07 Å². The molecular weight excluding hydrogens is 179 g/mol. The van der Waals surface area contributed by atoms with Crippen LogP contribution in [0, 0.1) is 11.3 Å². The van der Waals surface area contributed by atoms with Gasteiger partial charge in [0.1, 0.15) is 5.38 Å². The Labute approximate surface area is 67.8 Å². The number of hydrogen-bond acceptors (Lipinski definition) is 1. The van der Waals surface area contributed by atoms with Crippen LogP contribution in [0.3, 0.4) is 0 Å².